The van der Waals surface area contributed by atoms with E-state index < -0.39 is 0 Å². The zero-order valence-corrected chi connectivity index (χ0v) is 20.5. The van der Waals surface area contributed by atoms with Gasteiger partial charge < -0.3 is 15.5 Å². The van der Waals surface area contributed by atoms with Crippen molar-refractivity contribution in [3.8, 4) is 0 Å². The smallest absolute Gasteiger partial charge is 0.255 e. The molecule has 0 saturated carbocycles. The Hall–Kier alpha value is -3.02. The lowest BCUT2D eigenvalue weighted by molar-refractivity contribution is 0.0950. The van der Waals surface area contributed by atoms with Gasteiger partial charge in [0.2, 0.25) is 0 Å². The summed E-state index contributed by atoms with van der Waals surface area (Å²) < 4.78 is 0. The molecule has 3 aromatic carbocycles. The van der Waals surface area contributed by atoms with Crippen LogP contribution in [-0.2, 0) is 6.54 Å². The molecule has 0 atom stereocenters. The number of halogens is 2. The van der Waals surface area contributed by atoms with E-state index in [1.165, 1.54) is 6.07 Å². The van der Waals surface area contributed by atoms with Gasteiger partial charge in [-0.15, -0.1) is 0 Å². The zero-order valence-electron chi connectivity index (χ0n) is 19.0. The predicted octanol–water partition coefficient (Wildman–Crippen LogP) is 6.41. The maximum absolute atomic E-state index is 13.3. The lowest BCUT2D eigenvalue weighted by Gasteiger charge is -2.33. The van der Waals surface area contributed by atoms with Crippen molar-refractivity contribution in [2.45, 2.75) is 26.3 Å². The third-order valence-corrected chi connectivity index (χ3v) is 6.84. The SMILES string of the molecule is CC1CCN(c2ccc(NC(=O)c3ccc(Cl)c(Cl)c3)cc2C(=O)NCc2ccccc2)CC1. The van der Waals surface area contributed by atoms with Crippen molar-refractivity contribution in [2.24, 2.45) is 5.92 Å². The molecule has 0 radical (unpaired) electrons. The first-order chi connectivity index (χ1) is 16.4. The molecule has 5 nitrogen and oxygen atoms in total. The standard InChI is InChI=1S/C27H27Cl2N3O2/c1-18-11-13-32(14-12-18)25-10-8-21(31-26(33)20-7-9-23(28)24(29)15-20)16-22(25)27(34)30-17-19-5-3-2-4-6-19/h2-10,15-16,18H,11-14,17H2,1H3,(H,30,34)(H,31,33). The van der Waals surface area contributed by atoms with Gasteiger partial charge >= 0.3 is 0 Å². The highest BCUT2D eigenvalue weighted by Gasteiger charge is 2.22. The highest BCUT2D eigenvalue weighted by Crippen LogP contribution is 2.29. The lowest BCUT2D eigenvalue weighted by Crippen LogP contribution is -2.35. The van der Waals surface area contributed by atoms with Crippen LogP contribution in [0.5, 0.6) is 0 Å². The molecule has 2 N–H and O–H groups in total. The van der Waals surface area contributed by atoms with E-state index in [1.807, 2.05) is 42.5 Å². The number of rotatable bonds is 6. The number of anilines is 2. The Kier molecular flexibility index (Phi) is 7.76. The Morgan fingerprint density at radius 1 is 0.912 bits per heavy atom. The molecule has 1 saturated heterocycles. The Balaban J connectivity index is 1.57. The Morgan fingerprint density at radius 3 is 2.35 bits per heavy atom. The number of nitrogens with zero attached hydrogens (tertiary/aromatic N) is 1. The molecule has 1 aliphatic rings. The molecule has 34 heavy (non-hydrogen) atoms. The van der Waals surface area contributed by atoms with Crippen molar-refractivity contribution >= 4 is 46.4 Å². The van der Waals surface area contributed by atoms with Crippen molar-refractivity contribution in [2.75, 3.05) is 23.3 Å². The van der Waals surface area contributed by atoms with Crippen LogP contribution in [0.15, 0.2) is 66.7 Å². The average Bonchev–Trinajstić information content (AvgIpc) is 2.85. The third-order valence-electron chi connectivity index (χ3n) is 6.10. The first kappa shape index (κ1) is 24.1. The molecule has 4 rings (SSSR count). The molecular weight excluding hydrogens is 469 g/mol. The zero-order chi connectivity index (χ0) is 24.1. The minimum Gasteiger partial charge on any atom is -0.371 e. The summed E-state index contributed by atoms with van der Waals surface area (Å²) in [6.07, 6.45) is 2.17. The molecule has 1 aliphatic heterocycles. The predicted molar refractivity (Wildman–Crippen MR) is 139 cm³/mol. The molecule has 0 bridgehead atoms. The first-order valence-corrected chi connectivity index (χ1v) is 12.1. The van der Waals surface area contributed by atoms with Crippen LogP contribution in [0.25, 0.3) is 0 Å². The fourth-order valence-electron chi connectivity index (χ4n) is 4.03. The van der Waals surface area contributed by atoms with E-state index in [0.717, 1.165) is 37.2 Å². The van der Waals surface area contributed by atoms with Gasteiger partial charge in [0.05, 0.1) is 15.6 Å². The highest BCUT2D eigenvalue weighted by atomic mass is 35.5. The molecule has 176 valence electrons. The summed E-state index contributed by atoms with van der Waals surface area (Å²) in [6, 6.07) is 20.0. The summed E-state index contributed by atoms with van der Waals surface area (Å²) in [7, 11) is 0. The van der Waals surface area contributed by atoms with E-state index >= 15 is 0 Å². The molecular formula is C27H27Cl2N3O2. The topological polar surface area (TPSA) is 61.4 Å². The van der Waals surface area contributed by atoms with Crippen LogP contribution in [0.3, 0.4) is 0 Å². The molecule has 0 aliphatic carbocycles. The normalized spacial score (nSPS) is 14.0. The molecule has 2 amide bonds. The second kappa shape index (κ2) is 10.9. The van der Waals surface area contributed by atoms with Crippen LogP contribution >= 0.6 is 23.2 Å². The monoisotopic (exact) mass is 495 g/mol. The van der Waals surface area contributed by atoms with Crippen LogP contribution in [0, 0.1) is 5.92 Å². The number of carbonyl (C=O) groups excluding carboxylic acids is 2. The van der Waals surface area contributed by atoms with Crippen molar-refractivity contribution in [1.82, 2.24) is 5.32 Å². The second-order valence-electron chi connectivity index (χ2n) is 8.65. The van der Waals surface area contributed by atoms with E-state index in [9.17, 15) is 9.59 Å². The van der Waals surface area contributed by atoms with Crippen molar-refractivity contribution in [3.63, 3.8) is 0 Å². The van der Waals surface area contributed by atoms with Gasteiger partial charge in [-0.2, -0.15) is 0 Å². The van der Waals surface area contributed by atoms with Crippen LogP contribution in [0.4, 0.5) is 11.4 Å². The minimum atomic E-state index is -0.325. The Bertz CT molecular complexity index is 1180. The highest BCUT2D eigenvalue weighted by molar-refractivity contribution is 6.42. The quantitative estimate of drug-likeness (QED) is 0.415. The minimum absolute atomic E-state index is 0.178. The largest absolute Gasteiger partial charge is 0.371 e. The van der Waals surface area contributed by atoms with Gasteiger partial charge in [-0.25, -0.2) is 0 Å². The van der Waals surface area contributed by atoms with Crippen LogP contribution in [-0.4, -0.2) is 24.9 Å². The number of benzene rings is 3. The maximum atomic E-state index is 13.3. The number of amides is 2. The van der Waals surface area contributed by atoms with Crippen molar-refractivity contribution in [3.05, 3.63) is 93.5 Å². The number of hydrogen-bond donors (Lipinski definition) is 2. The van der Waals surface area contributed by atoms with Crippen LogP contribution in [0.1, 0.15) is 46.0 Å². The van der Waals surface area contributed by atoms with Gasteiger partial charge in [0.1, 0.15) is 0 Å². The van der Waals surface area contributed by atoms with E-state index in [4.69, 9.17) is 23.2 Å². The van der Waals surface area contributed by atoms with Gasteiger partial charge in [0.15, 0.2) is 0 Å². The maximum Gasteiger partial charge on any atom is 0.255 e. The number of nitrogens with one attached hydrogen (secondary N) is 2. The fraction of sp³-hybridized carbons (Fsp3) is 0.259. The molecule has 7 heteroatoms. The molecule has 0 unspecified atom stereocenters. The van der Waals surface area contributed by atoms with E-state index in [1.54, 1.807) is 18.2 Å². The van der Waals surface area contributed by atoms with Crippen molar-refractivity contribution in [1.29, 1.82) is 0 Å². The fourth-order valence-corrected chi connectivity index (χ4v) is 4.33. The molecule has 1 fully saturated rings. The average molecular weight is 496 g/mol. The van der Waals surface area contributed by atoms with E-state index in [0.29, 0.717) is 39.3 Å². The Labute approximate surface area is 210 Å². The number of piperidine rings is 1. The van der Waals surface area contributed by atoms with E-state index in [2.05, 4.69) is 22.5 Å². The molecule has 1 heterocycles. The molecule has 0 aromatic heterocycles. The summed E-state index contributed by atoms with van der Waals surface area (Å²) in [4.78, 5) is 28.3. The van der Waals surface area contributed by atoms with Crippen LogP contribution < -0.4 is 15.5 Å². The molecule has 0 spiro atoms. The summed E-state index contributed by atoms with van der Waals surface area (Å²) in [6.45, 7) is 4.48. The summed E-state index contributed by atoms with van der Waals surface area (Å²) in [5.41, 5.74) is 3.37. The third kappa shape index (κ3) is 5.91. The molecule has 3 aromatic rings. The van der Waals surface area contributed by atoms with Gasteiger partial charge in [-0.1, -0.05) is 60.5 Å². The Morgan fingerprint density at radius 2 is 1.65 bits per heavy atom. The number of hydrogen-bond acceptors (Lipinski definition) is 3. The van der Waals surface area contributed by atoms with Gasteiger partial charge in [0.25, 0.3) is 11.8 Å². The van der Waals surface area contributed by atoms with Crippen LogP contribution in [0.2, 0.25) is 10.0 Å². The van der Waals surface area contributed by atoms with Crippen molar-refractivity contribution < 1.29 is 9.59 Å². The lowest BCUT2D eigenvalue weighted by atomic mass is 9.97. The first-order valence-electron chi connectivity index (χ1n) is 11.4. The van der Waals surface area contributed by atoms with Gasteiger partial charge in [-0.3, -0.25) is 9.59 Å². The van der Waals surface area contributed by atoms with Gasteiger partial charge in [-0.05, 0) is 60.7 Å². The number of carbonyl (C=O) groups is 2. The summed E-state index contributed by atoms with van der Waals surface area (Å²) in [5.74, 6) is 0.174. The second-order valence-corrected chi connectivity index (χ2v) is 9.47. The van der Waals surface area contributed by atoms with E-state index in [-0.39, 0.29) is 11.8 Å². The van der Waals surface area contributed by atoms with Gasteiger partial charge in [0, 0.05) is 36.6 Å². The summed E-state index contributed by atoms with van der Waals surface area (Å²) in [5, 5.41) is 6.59. The summed E-state index contributed by atoms with van der Waals surface area (Å²) >= 11 is 12.0.